The number of nitrogens with one attached hydrogen (secondary N) is 1. The molecule has 0 bridgehead atoms. The lowest BCUT2D eigenvalue weighted by Crippen LogP contribution is -2.25. The van der Waals surface area contributed by atoms with Crippen molar-refractivity contribution in [2.75, 3.05) is 13.7 Å². The summed E-state index contributed by atoms with van der Waals surface area (Å²) < 4.78 is 13.1. The van der Waals surface area contributed by atoms with Crippen LogP contribution in [0.15, 0.2) is 41.5 Å². The summed E-state index contributed by atoms with van der Waals surface area (Å²) >= 11 is 4.44. The normalized spacial score (nSPS) is 12.1. The van der Waals surface area contributed by atoms with Gasteiger partial charge in [-0.15, -0.1) is 0 Å². The van der Waals surface area contributed by atoms with Gasteiger partial charge in [-0.05, 0) is 92.3 Å². The second-order valence-corrected chi connectivity index (χ2v) is 11.6. The first-order valence-corrected chi connectivity index (χ1v) is 12.2. The second-order valence-electron chi connectivity index (χ2n) is 9.24. The third kappa shape index (κ3) is 8.25. The van der Waals surface area contributed by atoms with Gasteiger partial charge in [0.2, 0.25) is 0 Å². The maximum atomic E-state index is 12.1. The van der Waals surface area contributed by atoms with Gasteiger partial charge in [-0.25, -0.2) is 5.43 Å². The molecule has 0 unspecified atom stereocenters. The number of hydrogen-bond donors (Lipinski definition) is 1. The van der Waals surface area contributed by atoms with E-state index in [2.05, 4.69) is 102 Å². The van der Waals surface area contributed by atoms with Crippen molar-refractivity contribution >= 4 is 57.3 Å². The van der Waals surface area contributed by atoms with Gasteiger partial charge in [0.15, 0.2) is 6.61 Å². The molecule has 31 heavy (non-hydrogen) atoms. The van der Waals surface area contributed by atoms with Crippen LogP contribution in [0.2, 0.25) is 0 Å². The first-order chi connectivity index (χ1) is 14.4. The summed E-state index contributed by atoms with van der Waals surface area (Å²) in [5.74, 6) is 1.06. The molecule has 0 saturated heterocycles. The van der Waals surface area contributed by atoms with Crippen molar-refractivity contribution in [1.29, 1.82) is 0 Å². The molecule has 168 valence electrons. The van der Waals surface area contributed by atoms with Gasteiger partial charge < -0.3 is 9.47 Å². The minimum atomic E-state index is -0.326. The van der Waals surface area contributed by atoms with Crippen molar-refractivity contribution in [1.82, 2.24) is 5.43 Å². The molecule has 0 spiro atoms. The van der Waals surface area contributed by atoms with E-state index < -0.39 is 0 Å². The summed E-state index contributed by atoms with van der Waals surface area (Å²) in [6, 6.07) is 11.9. The molecule has 2 aromatic carbocycles. The Morgan fingerprint density at radius 2 is 1.74 bits per heavy atom. The van der Waals surface area contributed by atoms with Crippen LogP contribution in [0.25, 0.3) is 0 Å². The Morgan fingerprint density at radius 3 is 2.32 bits per heavy atom. The number of rotatable bonds is 8. The molecule has 2 aromatic rings. The van der Waals surface area contributed by atoms with Gasteiger partial charge in [-0.3, -0.25) is 4.79 Å². The summed E-state index contributed by atoms with van der Waals surface area (Å²) in [4.78, 5) is 12.1. The van der Waals surface area contributed by atoms with Gasteiger partial charge in [0.1, 0.15) is 11.5 Å². The van der Waals surface area contributed by atoms with Gasteiger partial charge in [0.25, 0.3) is 5.91 Å². The molecular weight excluding hydrogens is 618 g/mol. The SMILES string of the molecule is COc1c(I)cc(I)cc1/C=N\NC(=O)COc1ccc(C(C)(C)CC(C)(C)C)cc1. The highest BCUT2D eigenvalue weighted by molar-refractivity contribution is 14.1. The van der Waals surface area contributed by atoms with Crippen molar-refractivity contribution in [3.63, 3.8) is 0 Å². The van der Waals surface area contributed by atoms with Crippen LogP contribution >= 0.6 is 45.2 Å². The van der Waals surface area contributed by atoms with E-state index in [1.54, 1.807) is 13.3 Å². The van der Waals surface area contributed by atoms with E-state index in [1.165, 1.54) is 5.56 Å². The largest absolute Gasteiger partial charge is 0.495 e. The molecule has 0 atom stereocenters. The Bertz CT molecular complexity index is 933. The highest BCUT2D eigenvalue weighted by Gasteiger charge is 2.27. The molecule has 0 radical (unpaired) electrons. The number of benzene rings is 2. The highest BCUT2D eigenvalue weighted by Crippen LogP contribution is 2.36. The average molecular weight is 648 g/mol. The smallest absolute Gasteiger partial charge is 0.277 e. The van der Waals surface area contributed by atoms with Gasteiger partial charge in [-0.1, -0.05) is 46.8 Å². The maximum absolute atomic E-state index is 12.1. The van der Waals surface area contributed by atoms with Crippen molar-refractivity contribution < 1.29 is 14.3 Å². The van der Waals surface area contributed by atoms with Crippen molar-refractivity contribution in [3.05, 3.63) is 54.7 Å². The summed E-state index contributed by atoms with van der Waals surface area (Å²) in [6.07, 6.45) is 2.65. The van der Waals surface area contributed by atoms with E-state index in [4.69, 9.17) is 9.47 Å². The van der Waals surface area contributed by atoms with Crippen LogP contribution in [-0.2, 0) is 10.2 Å². The molecule has 2 rings (SSSR count). The molecule has 0 saturated carbocycles. The third-order valence-electron chi connectivity index (χ3n) is 4.61. The van der Waals surface area contributed by atoms with Crippen LogP contribution < -0.4 is 14.9 Å². The standard InChI is InChI=1S/C24H30I2N2O3/c1-23(2,3)15-24(4,5)17-7-9-19(10-8-17)31-14-21(29)28-27-13-16-11-18(25)12-20(26)22(16)30-6/h7-13H,14-15H2,1-6H3,(H,28,29)/b27-13-. The Morgan fingerprint density at radius 1 is 1.10 bits per heavy atom. The van der Waals surface area contributed by atoms with Crippen LogP contribution in [0, 0.1) is 12.6 Å². The van der Waals surface area contributed by atoms with Gasteiger partial charge in [0.05, 0.1) is 16.9 Å². The fourth-order valence-corrected chi connectivity index (χ4v) is 5.79. The highest BCUT2D eigenvalue weighted by atomic mass is 127. The third-order valence-corrected chi connectivity index (χ3v) is 6.04. The quantitative estimate of drug-likeness (QED) is 0.213. The molecule has 0 heterocycles. The number of hydrazone groups is 1. The molecule has 0 aliphatic rings. The van der Waals surface area contributed by atoms with E-state index in [0.29, 0.717) is 5.75 Å². The Balaban J connectivity index is 1.91. The summed E-state index contributed by atoms with van der Waals surface area (Å²) in [5, 5.41) is 4.03. The number of amides is 1. The number of methoxy groups -OCH3 is 1. The first kappa shape index (κ1) is 25.9. The number of carbonyl (C=O) groups is 1. The number of nitrogens with zero attached hydrogens (tertiary/aromatic N) is 1. The van der Waals surface area contributed by atoms with E-state index >= 15 is 0 Å². The lowest BCUT2D eigenvalue weighted by atomic mass is 9.72. The van der Waals surface area contributed by atoms with Gasteiger partial charge >= 0.3 is 0 Å². The Labute approximate surface area is 212 Å². The number of halogens is 2. The zero-order valence-corrected chi connectivity index (χ0v) is 23.2. The van der Waals surface area contributed by atoms with Crippen molar-refractivity contribution in [3.8, 4) is 11.5 Å². The topological polar surface area (TPSA) is 59.9 Å². The predicted octanol–water partition coefficient (Wildman–Crippen LogP) is 6.15. The van der Waals surface area contributed by atoms with E-state index in [9.17, 15) is 4.79 Å². The van der Waals surface area contributed by atoms with E-state index in [1.807, 2.05) is 24.3 Å². The van der Waals surface area contributed by atoms with Crippen LogP contribution in [0.3, 0.4) is 0 Å². The number of hydrogen-bond acceptors (Lipinski definition) is 4. The van der Waals surface area contributed by atoms with Crippen LogP contribution in [0.4, 0.5) is 0 Å². The molecule has 7 heteroatoms. The zero-order valence-electron chi connectivity index (χ0n) is 18.9. The van der Waals surface area contributed by atoms with Crippen molar-refractivity contribution in [2.24, 2.45) is 10.5 Å². The second kappa shape index (κ2) is 11.0. The lowest BCUT2D eigenvalue weighted by molar-refractivity contribution is -0.123. The van der Waals surface area contributed by atoms with Crippen LogP contribution in [0.1, 0.15) is 52.2 Å². The number of ether oxygens (including phenoxy) is 2. The fraction of sp³-hybridized carbons (Fsp3) is 0.417. The Kier molecular flexibility index (Phi) is 9.17. The molecule has 5 nitrogen and oxygen atoms in total. The molecule has 0 aliphatic carbocycles. The summed E-state index contributed by atoms with van der Waals surface area (Å²) in [6.45, 7) is 11.2. The molecule has 0 aromatic heterocycles. The Hall–Kier alpha value is -1.36. The van der Waals surface area contributed by atoms with Crippen LogP contribution in [-0.4, -0.2) is 25.8 Å². The monoisotopic (exact) mass is 648 g/mol. The van der Waals surface area contributed by atoms with E-state index in [0.717, 1.165) is 24.9 Å². The fourth-order valence-electron chi connectivity index (χ4n) is 3.68. The minimum Gasteiger partial charge on any atom is -0.495 e. The molecule has 1 N–H and O–H groups in total. The number of carbonyl (C=O) groups excluding carboxylic acids is 1. The molecule has 0 fully saturated rings. The molecular formula is C24H30I2N2O3. The maximum Gasteiger partial charge on any atom is 0.277 e. The zero-order chi connectivity index (χ0) is 23.2. The summed E-state index contributed by atoms with van der Waals surface area (Å²) in [5.41, 5.74) is 4.87. The summed E-state index contributed by atoms with van der Waals surface area (Å²) in [7, 11) is 1.61. The van der Waals surface area contributed by atoms with Gasteiger partial charge in [-0.2, -0.15) is 5.10 Å². The van der Waals surface area contributed by atoms with Gasteiger partial charge in [0, 0.05) is 9.13 Å². The minimum absolute atomic E-state index is 0.0665. The first-order valence-electron chi connectivity index (χ1n) is 9.99. The predicted molar refractivity (Wildman–Crippen MR) is 143 cm³/mol. The average Bonchev–Trinajstić information content (AvgIpc) is 2.64. The van der Waals surface area contributed by atoms with Crippen LogP contribution in [0.5, 0.6) is 11.5 Å². The van der Waals surface area contributed by atoms with E-state index in [-0.39, 0.29) is 23.3 Å². The molecule has 0 aliphatic heterocycles. The lowest BCUT2D eigenvalue weighted by Gasteiger charge is -2.33. The molecule has 1 amide bonds. The van der Waals surface area contributed by atoms with Crippen molar-refractivity contribution in [2.45, 2.75) is 46.5 Å².